The standard InChI is InChI=1S/C17H26N2/c1-5-15(12-18)13-19(4)11-10-16-6-8-17(9-7-16)14(2)3/h6-9,14-15H,5,10-11,13H2,1-4H3. The average Bonchev–Trinajstić information content (AvgIpc) is 2.43. The van der Waals surface area contributed by atoms with Crippen molar-refractivity contribution in [2.45, 2.75) is 39.5 Å². The Bertz CT molecular complexity index is 400. The normalized spacial score (nSPS) is 12.7. The molecule has 0 aliphatic rings. The topological polar surface area (TPSA) is 27.0 Å². The lowest BCUT2D eigenvalue weighted by atomic mass is 10.0. The Morgan fingerprint density at radius 3 is 2.32 bits per heavy atom. The Hall–Kier alpha value is -1.33. The first-order valence-electron chi connectivity index (χ1n) is 7.23. The fourth-order valence-electron chi connectivity index (χ4n) is 2.12. The zero-order valence-corrected chi connectivity index (χ0v) is 12.7. The molecule has 104 valence electrons. The van der Waals surface area contributed by atoms with E-state index in [-0.39, 0.29) is 5.92 Å². The molecule has 1 atom stereocenters. The van der Waals surface area contributed by atoms with Gasteiger partial charge in [-0.1, -0.05) is 45.0 Å². The lowest BCUT2D eigenvalue weighted by molar-refractivity contribution is 0.303. The van der Waals surface area contributed by atoms with Crippen molar-refractivity contribution >= 4 is 0 Å². The smallest absolute Gasteiger partial charge is 0.0669 e. The number of benzene rings is 1. The van der Waals surface area contributed by atoms with Crippen molar-refractivity contribution in [3.05, 3.63) is 35.4 Å². The predicted molar refractivity (Wildman–Crippen MR) is 81.1 cm³/mol. The van der Waals surface area contributed by atoms with E-state index >= 15 is 0 Å². The van der Waals surface area contributed by atoms with E-state index in [0.29, 0.717) is 5.92 Å². The monoisotopic (exact) mass is 258 g/mol. The van der Waals surface area contributed by atoms with Gasteiger partial charge in [0.1, 0.15) is 0 Å². The minimum atomic E-state index is 0.160. The molecule has 1 unspecified atom stereocenters. The summed E-state index contributed by atoms with van der Waals surface area (Å²) in [7, 11) is 2.10. The van der Waals surface area contributed by atoms with Crippen molar-refractivity contribution in [1.29, 1.82) is 5.26 Å². The summed E-state index contributed by atoms with van der Waals surface area (Å²) in [5.74, 6) is 0.756. The van der Waals surface area contributed by atoms with Crippen LogP contribution in [0.25, 0.3) is 0 Å². The van der Waals surface area contributed by atoms with E-state index in [1.807, 2.05) is 0 Å². The number of nitriles is 1. The first-order chi connectivity index (χ1) is 9.06. The van der Waals surface area contributed by atoms with Gasteiger partial charge in [-0.25, -0.2) is 0 Å². The number of rotatable bonds is 7. The Kier molecular flexibility index (Phi) is 6.59. The first kappa shape index (κ1) is 15.7. The van der Waals surface area contributed by atoms with Gasteiger partial charge < -0.3 is 4.90 Å². The Morgan fingerprint density at radius 1 is 1.21 bits per heavy atom. The SMILES string of the molecule is CCC(C#N)CN(C)CCc1ccc(C(C)C)cc1. The molecule has 2 nitrogen and oxygen atoms in total. The van der Waals surface area contributed by atoms with E-state index < -0.39 is 0 Å². The highest BCUT2D eigenvalue weighted by Crippen LogP contribution is 2.15. The molecule has 19 heavy (non-hydrogen) atoms. The first-order valence-corrected chi connectivity index (χ1v) is 7.23. The summed E-state index contributed by atoms with van der Waals surface area (Å²) in [6.45, 7) is 8.40. The van der Waals surface area contributed by atoms with Crippen molar-refractivity contribution in [2.24, 2.45) is 5.92 Å². The zero-order chi connectivity index (χ0) is 14.3. The van der Waals surface area contributed by atoms with Gasteiger partial charge in [0.15, 0.2) is 0 Å². The summed E-state index contributed by atoms with van der Waals surface area (Å²) in [4.78, 5) is 2.26. The Labute approximate surface area is 118 Å². The molecule has 0 fully saturated rings. The van der Waals surface area contributed by atoms with Gasteiger partial charge in [-0.3, -0.25) is 0 Å². The molecular formula is C17H26N2. The van der Waals surface area contributed by atoms with Crippen LogP contribution in [0.1, 0.15) is 44.2 Å². The van der Waals surface area contributed by atoms with Crippen LogP contribution in [0.15, 0.2) is 24.3 Å². The van der Waals surface area contributed by atoms with Crippen molar-refractivity contribution in [2.75, 3.05) is 20.1 Å². The second kappa shape index (κ2) is 7.96. The van der Waals surface area contributed by atoms with Crippen LogP contribution >= 0.6 is 0 Å². The van der Waals surface area contributed by atoms with E-state index in [1.165, 1.54) is 11.1 Å². The van der Waals surface area contributed by atoms with Crippen LogP contribution in [0, 0.1) is 17.2 Å². The maximum Gasteiger partial charge on any atom is 0.0669 e. The Morgan fingerprint density at radius 2 is 1.84 bits per heavy atom. The van der Waals surface area contributed by atoms with Crippen LogP contribution < -0.4 is 0 Å². The van der Waals surface area contributed by atoms with E-state index in [9.17, 15) is 0 Å². The zero-order valence-electron chi connectivity index (χ0n) is 12.7. The summed E-state index contributed by atoms with van der Waals surface area (Å²) >= 11 is 0. The molecule has 0 heterocycles. The number of hydrogen-bond donors (Lipinski definition) is 0. The van der Waals surface area contributed by atoms with E-state index in [2.05, 4.69) is 63.1 Å². The minimum absolute atomic E-state index is 0.160. The van der Waals surface area contributed by atoms with Crippen LogP contribution in [-0.4, -0.2) is 25.0 Å². The molecule has 2 heteroatoms. The largest absolute Gasteiger partial charge is 0.305 e. The van der Waals surface area contributed by atoms with E-state index in [4.69, 9.17) is 5.26 Å². The summed E-state index contributed by atoms with van der Waals surface area (Å²) in [6.07, 6.45) is 1.99. The summed E-state index contributed by atoms with van der Waals surface area (Å²) < 4.78 is 0. The van der Waals surface area contributed by atoms with E-state index in [0.717, 1.165) is 25.9 Å². The molecule has 1 aromatic rings. The lowest BCUT2D eigenvalue weighted by Crippen LogP contribution is -2.27. The van der Waals surface area contributed by atoms with Gasteiger partial charge in [0.05, 0.1) is 12.0 Å². The number of likely N-dealkylation sites (N-methyl/N-ethyl adjacent to an activating group) is 1. The van der Waals surface area contributed by atoms with Gasteiger partial charge in [0, 0.05) is 13.1 Å². The molecule has 0 aliphatic heterocycles. The van der Waals surface area contributed by atoms with Gasteiger partial charge in [-0.05, 0) is 36.9 Å². The van der Waals surface area contributed by atoms with E-state index in [1.54, 1.807) is 0 Å². The molecular weight excluding hydrogens is 232 g/mol. The molecule has 0 bridgehead atoms. The van der Waals surface area contributed by atoms with Crippen LogP contribution in [0.5, 0.6) is 0 Å². The number of nitrogens with zero attached hydrogens (tertiary/aromatic N) is 2. The Balaban J connectivity index is 2.42. The van der Waals surface area contributed by atoms with Gasteiger partial charge >= 0.3 is 0 Å². The van der Waals surface area contributed by atoms with Gasteiger partial charge in [0.2, 0.25) is 0 Å². The molecule has 1 rings (SSSR count). The molecule has 0 N–H and O–H groups in total. The maximum atomic E-state index is 8.97. The van der Waals surface area contributed by atoms with Crippen LogP contribution in [0.2, 0.25) is 0 Å². The van der Waals surface area contributed by atoms with Crippen molar-refractivity contribution in [1.82, 2.24) is 4.90 Å². The molecule has 0 spiro atoms. The van der Waals surface area contributed by atoms with Crippen molar-refractivity contribution < 1.29 is 0 Å². The molecule has 0 aliphatic carbocycles. The van der Waals surface area contributed by atoms with Crippen LogP contribution in [0.3, 0.4) is 0 Å². The molecule has 0 saturated heterocycles. The second-order valence-electron chi connectivity index (χ2n) is 5.64. The minimum Gasteiger partial charge on any atom is -0.305 e. The fraction of sp³-hybridized carbons (Fsp3) is 0.588. The molecule has 1 aromatic carbocycles. The maximum absolute atomic E-state index is 8.97. The van der Waals surface area contributed by atoms with Gasteiger partial charge in [-0.2, -0.15) is 5.26 Å². The third kappa shape index (κ3) is 5.44. The molecule has 0 aromatic heterocycles. The average molecular weight is 258 g/mol. The predicted octanol–water partition coefficient (Wildman–Crippen LogP) is 3.83. The van der Waals surface area contributed by atoms with Crippen molar-refractivity contribution in [3.8, 4) is 6.07 Å². The fourth-order valence-corrected chi connectivity index (χ4v) is 2.12. The second-order valence-corrected chi connectivity index (χ2v) is 5.64. The molecule has 0 radical (unpaired) electrons. The molecule has 0 saturated carbocycles. The number of hydrogen-bond acceptors (Lipinski definition) is 2. The van der Waals surface area contributed by atoms with Crippen LogP contribution in [0.4, 0.5) is 0 Å². The van der Waals surface area contributed by atoms with Gasteiger partial charge in [0.25, 0.3) is 0 Å². The molecule has 0 amide bonds. The third-order valence-corrected chi connectivity index (χ3v) is 3.64. The van der Waals surface area contributed by atoms with Crippen LogP contribution in [-0.2, 0) is 6.42 Å². The third-order valence-electron chi connectivity index (χ3n) is 3.64. The van der Waals surface area contributed by atoms with Crippen molar-refractivity contribution in [3.63, 3.8) is 0 Å². The quantitative estimate of drug-likeness (QED) is 0.743. The summed E-state index contributed by atoms with van der Waals surface area (Å²) in [5.41, 5.74) is 2.77. The summed E-state index contributed by atoms with van der Waals surface area (Å²) in [5, 5.41) is 8.97. The summed E-state index contributed by atoms with van der Waals surface area (Å²) in [6, 6.07) is 11.3. The highest BCUT2D eigenvalue weighted by Gasteiger charge is 2.08. The lowest BCUT2D eigenvalue weighted by Gasteiger charge is -2.19. The van der Waals surface area contributed by atoms with Gasteiger partial charge in [-0.15, -0.1) is 0 Å². The highest BCUT2D eigenvalue weighted by atomic mass is 15.1. The highest BCUT2D eigenvalue weighted by molar-refractivity contribution is 5.24.